The molecule has 0 radical (unpaired) electrons. The van der Waals surface area contributed by atoms with E-state index in [1.165, 1.54) is 49.8 Å². The normalized spacial score (nSPS) is 29.0. The van der Waals surface area contributed by atoms with Gasteiger partial charge in [-0.1, -0.05) is 77.6 Å². The molecule has 41 heavy (non-hydrogen) atoms. The van der Waals surface area contributed by atoms with Gasteiger partial charge in [0.1, 0.15) is 18.3 Å². The number of ether oxygens (including phenoxy) is 3. The molecule has 3 aliphatic rings. The van der Waals surface area contributed by atoms with Crippen molar-refractivity contribution in [2.75, 3.05) is 6.54 Å². The Bertz CT molecular complexity index is 882. The number of nitrogens with one attached hydrogen (secondary N) is 1. The minimum Gasteiger partial charge on any atom is -0.393 e. The van der Waals surface area contributed by atoms with Crippen LogP contribution in [-0.2, 0) is 23.8 Å². The van der Waals surface area contributed by atoms with Gasteiger partial charge >= 0.3 is 6.09 Å². The molecule has 3 heterocycles. The van der Waals surface area contributed by atoms with Crippen LogP contribution in [-0.4, -0.2) is 87.4 Å². The van der Waals surface area contributed by atoms with Crippen molar-refractivity contribution in [1.82, 2.24) is 10.2 Å². The molecule has 2 fully saturated rings. The summed E-state index contributed by atoms with van der Waals surface area (Å²) in [5, 5.41) is 33.1. The predicted molar refractivity (Wildman–Crippen MR) is 150 cm³/mol. The molecule has 4 N–H and O–H groups in total. The average molecular weight is 583 g/mol. The van der Waals surface area contributed by atoms with Crippen molar-refractivity contribution in [3.8, 4) is 0 Å². The van der Waals surface area contributed by atoms with Crippen LogP contribution in [0.5, 0.6) is 0 Å². The van der Waals surface area contributed by atoms with Gasteiger partial charge in [-0.2, -0.15) is 0 Å². The Morgan fingerprint density at radius 3 is 2.29 bits per heavy atom. The topological polar surface area (TPSA) is 155 Å². The Morgan fingerprint density at radius 1 is 1.00 bits per heavy atom. The lowest BCUT2D eigenvalue weighted by atomic mass is 9.99. The van der Waals surface area contributed by atoms with Gasteiger partial charge in [0.15, 0.2) is 12.1 Å². The van der Waals surface area contributed by atoms with E-state index in [9.17, 15) is 29.7 Å². The summed E-state index contributed by atoms with van der Waals surface area (Å²) in [5.74, 6) is -1.03. The van der Waals surface area contributed by atoms with Crippen molar-refractivity contribution in [1.29, 1.82) is 0 Å². The number of ketones is 1. The van der Waals surface area contributed by atoms with Crippen LogP contribution in [0.4, 0.5) is 4.79 Å². The predicted octanol–water partition coefficient (Wildman–Crippen LogP) is 3.43. The third kappa shape index (κ3) is 10.3. The third-order valence-electron chi connectivity index (χ3n) is 8.23. The Hall–Kier alpha value is -2.05. The van der Waals surface area contributed by atoms with Crippen molar-refractivity contribution in [2.45, 2.75) is 153 Å². The summed E-state index contributed by atoms with van der Waals surface area (Å²) < 4.78 is 16.8. The number of hydrogen-bond acceptors (Lipinski definition) is 9. The van der Waals surface area contributed by atoms with Crippen LogP contribution < -0.4 is 5.32 Å². The highest BCUT2D eigenvalue weighted by atomic mass is 16.7. The van der Waals surface area contributed by atoms with Crippen LogP contribution in [0, 0.1) is 0 Å². The Kier molecular flexibility index (Phi) is 14.0. The van der Waals surface area contributed by atoms with Crippen LogP contribution in [0.15, 0.2) is 12.0 Å². The summed E-state index contributed by atoms with van der Waals surface area (Å²) in [5.41, 5.74) is 0. The van der Waals surface area contributed by atoms with Crippen molar-refractivity contribution < 1.29 is 43.9 Å². The number of carbonyl (C=O) groups is 3. The van der Waals surface area contributed by atoms with Crippen molar-refractivity contribution >= 4 is 17.8 Å². The molecule has 0 aromatic rings. The summed E-state index contributed by atoms with van der Waals surface area (Å²) in [7, 11) is 0. The van der Waals surface area contributed by atoms with E-state index in [0.29, 0.717) is 19.4 Å². The number of cyclic esters (lactones) is 1. The Labute approximate surface area is 243 Å². The van der Waals surface area contributed by atoms with E-state index in [0.717, 1.165) is 38.2 Å². The number of nitrogens with zero attached hydrogens (tertiary/aromatic N) is 1. The fourth-order valence-electron chi connectivity index (χ4n) is 5.72. The maximum Gasteiger partial charge on any atom is 0.417 e. The van der Waals surface area contributed by atoms with E-state index in [1.54, 1.807) is 6.92 Å². The molecule has 0 aliphatic carbocycles. The van der Waals surface area contributed by atoms with Gasteiger partial charge in [-0.05, 0) is 26.2 Å². The van der Waals surface area contributed by atoms with Gasteiger partial charge in [0.05, 0.1) is 24.7 Å². The maximum atomic E-state index is 13.0. The number of amides is 2. The first-order valence-electron chi connectivity index (χ1n) is 15.6. The van der Waals surface area contributed by atoms with Gasteiger partial charge in [0.2, 0.25) is 11.8 Å². The SMILES string of the molecule is CCCCCCCCCCCCC[C@H](CC(=O)NC1=CC(=O)[C@H]2CCCN2C(=O)O1)O[C@@H]1O[C@@H](C)[C@H](O)[C@@H](O)[C@H]1O. The van der Waals surface area contributed by atoms with Crippen LogP contribution in [0.3, 0.4) is 0 Å². The van der Waals surface area contributed by atoms with Gasteiger partial charge in [0.25, 0.3) is 0 Å². The lowest BCUT2D eigenvalue weighted by molar-refractivity contribution is -0.304. The number of aliphatic hydroxyl groups is 3. The lowest BCUT2D eigenvalue weighted by Gasteiger charge is -2.40. The molecule has 0 saturated carbocycles. The second kappa shape index (κ2) is 17.2. The molecule has 0 aromatic carbocycles. The smallest absolute Gasteiger partial charge is 0.393 e. The number of aliphatic hydroxyl groups excluding tert-OH is 3. The monoisotopic (exact) mass is 582 g/mol. The van der Waals surface area contributed by atoms with Gasteiger partial charge in [0, 0.05) is 12.6 Å². The van der Waals surface area contributed by atoms with Gasteiger partial charge < -0.3 is 29.5 Å². The quantitative estimate of drug-likeness (QED) is 0.189. The van der Waals surface area contributed by atoms with E-state index >= 15 is 0 Å². The van der Waals surface area contributed by atoms with E-state index < -0.39 is 54.9 Å². The highest BCUT2D eigenvalue weighted by Gasteiger charge is 2.43. The average Bonchev–Trinajstić information content (AvgIpc) is 3.40. The molecule has 0 spiro atoms. The molecule has 0 bridgehead atoms. The standard InChI is InChI=1S/C30H50N2O9/c1-3-4-5-6-7-8-9-10-11-12-13-15-21(40-29-28(37)27(36)26(35)20(2)39-29)18-24(34)31-25-19-23(33)22-16-14-17-32(22)30(38)41-25/h19-22,26-29,35-37H,3-18H2,1-2H3,(H,31,34)/t20-,21+,22+,26-,27+,28+,29-/m0/s1. The first kappa shape index (κ1) is 33.5. The van der Waals surface area contributed by atoms with Crippen LogP contribution >= 0.6 is 0 Å². The number of fused-ring (bicyclic) bond motifs is 1. The summed E-state index contributed by atoms with van der Waals surface area (Å²) in [6.07, 6.45) is 8.13. The molecule has 11 nitrogen and oxygen atoms in total. The van der Waals surface area contributed by atoms with Crippen LogP contribution in [0.1, 0.15) is 110 Å². The van der Waals surface area contributed by atoms with E-state index in [1.807, 2.05) is 0 Å². The highest BCUT2D eigenvalue weighted by Crippen LogP contribution is 2.26. The first-order chi connectivity index (χ1) is 19.7. The maximum absolute atomic E-state index is 13.0. The van der Waals surface area contributed by atoms with Gasteiger partial charge in [-0.25, -0.2) is 4.79 Å². The van der Waals surface area contributed by atoms with E-state index in [-0.39, 0.29) is 18.1 Å². The fraction of sp³-hybridized carbons (Fsp3) is 0.833. The van der Waals surface area contributed by atoms with Gasteiger partial charge in [-0.15, -0.1) is 0 Å². The number of unbranched alkanes of at least 4 members (excludes halogenated alkanes) is 10. The van der Waals surface area contributed by atoms with E-state index in [2.05, 4.69) is 12.2 Å². The number of rotatable bonds is 17. The minimum atomic E-state index is -1.49. The first-order valence-corrected chi connectivity index (χ1v) is 15.6. The zero-order chi connectivity index (χ0) is 29.8. The highest BCUT2D eigenvalue weighted by molar-refractivity contribution is 5.98. The molecule has 7 atom stereocenters. The van der Waals surface area contributed by atoms with E-state index in [4.69, 9.17) is 14.2 Å². The summed E-state index contributed by atoms with van der Waals surface area (Å²) >= 11 is 0. The number of carbonyl (C=O) groups excluding carboxylic acids is 3. The molecule has 3 rings (SSSR count). The zero-order valence-corrected chi connectivity index (χ0v) is 24.7. The molecule has 2 amide bonds. The van der Waals surface area contributed by atoms with Crippen molar-refractivity contribution in [3.05, 3.63) is 12.0 Å². The molecule has 0 unspecified atom stereocenters. The van der Waals surface area contributed by atoms with Crippen molar-refractivity contribution in [2.24, 2.45) is 0 Å². The zero-order valence-electron chi connectivity index (χ0n) is 24.7. The molecule has 2 saturated heterocycles. The minimum absolute atomic E-state index is 0.145. The molecule has 11 heteroatoms. The third-order valence-corrected chi connectivity index (χ3v) is 8.23. The van der Waals surface area contributed by atoms with Gasteiger partial charge in [-0.3, -0.25) is 19.8 Å². The Balaban J connectivity index is 1.50. The fourth-order valence-corrected chi connectivity index (χ4v) is 5.72. The summed E-state index contributed by atoms with van der Waals surface area (Å²) in [6.45, 7) is 4.22. The van der Waals surface area contributed by atoms with Crippen molar-refractivity contribution in [3.63, 3.8) is 0 Å². The molecular formula is C30H50N2O9. The molecule has 3 aliphatic heterocycles. The summed E-state index contributed by atoms with van der Waals surface area (Å²) in [6, 6.07) is -0.567. The second-order valence-corrected chi connectivity index (χ2v) is 11.6. The number of hydrogen-bond donors (Lipinski definition) is 4. The second-order valence-electron chi connectivity index (χ2n) is 11.6. The molecule has 234 valence electrons. The molecular weight excluding hydrogens is 532 g/mol. The lowest BCUT2D eigenvalue weighted by Crippen LogP contribution is -2.58. The molecule has 0 aromatic heterocycles. The Morgan fingerprint density at radius 2 is 1.63 bits per heavy atom. The van der Waals surface area contributed by atoms with Crippen LogP contribution in [0.25, 0.3) is 0 Å². The largest absolute Gasteiger partial charge is 0.417 e. The van der Waals surface area contributed by atoms with Crippen LogP contribution in [0.2, 0.25) is 0 Å². The summed E-state index contributed by atoms with van der Waals surface area (Å²) in [4.78, 5) is 39.3.